The number of benzene rings is 1. The molecule has 5 heteroatoms. The van der Waals surface area contributed by atoms with Gasteiger partial charge >= 0.3 is 0 Å². The molecule has 0 fully saturated rings. The van der Waals surface area contributed by atoms with Crippen LogP contribution in [-0.4, -0.2) is 47.3 Å². The fourth-order valence-electron chi connectivity index (χ4n) is 1.92. The summed E-state index contributed by atoms with van der Waals surface area (Å²) in [6, 6.07) is 10.0. The lowest BCUT2D eigenvalue weighted by Gasteiger charge is -2.12. The molecular weight excluding hydrogens is 250 g/mol. The third-order valence-electron chi connectivity index (χ3n) is 2.91. The van der Waals surface area contributed by atoms with Crippen LogP contribution in [0.4, 0.5) is 5.82 Å². The van der Waals surface area contributed by atoms with E-state index in [0.29, 0.717) is 5.82 Å². The van der Waals surface area contributed by atoms with Gasteiger partial charge in [-0.2, -0.15) is 0 Å². The normalized spacial score (nSPS) is 10.8. The molecule has 1 N–H and O–H groups in total. The molecule has 0 amide bonds. The molecule has 0 aliphatic carbocycles. The first-order valence-corrected chi connectivity index (χ1v) is 6.82. The van der Waals surface area contributed by atoms with Gasteiger partial charge in [-0.25, -0.2) is 4.98 Å². The molecule has 20 heavy (non-hydrogen) atoms. The van der Waals surface area contributed by atoms with E-state index in [2.05, 4.69) is 39.5 Å². The van der Waals surface area contributed by atoms with Gasteiger partial charge in [-0.3, -0.25) is 0 Å². The standard InChI is InChI=1S/C15H21N5/c1-12-17-15(16-10-7-11-20(2)3)14(19-18-12)13-8-5-4-6-9-13/h4-6,8-9H,7,10-11H2,1-3H3,(H,16,17,18). The summed E-state index contributed by atoms with van der Waals surface area (Å²) in [6.45, 7) is 3.77. The quantitative estimate of drug-likeness (QED) is 0.816. The van der Waals surface area contributed by atoms with Crippen LogP contribution >= 0.6 is 0 Å². The molecule has 0 atom stereocenters. The summed E-state index contributed by atoms with van der Waals surface area (Å²) >= 11 is 0. The van der Waals surface area contributed by atoms with Gasteiger partial charge in [0.1, 0.15) is 11.5 Å². The SMILES string of the molecule is Cc1nnc(-c2ccccc2)c(NCCCN(C)C)n1. The van der Waals surface area contributed by atoms with Crippen LogP contribution in [0.1, 0.15) is 12.2 Å². The lowest BCUT2D eigenvalue weighted by Crippen LogP contribution is -2.17. The monoisotopic (exact) mass is 271 g/mol. The van der Waals surface area contributed by atoms with Crippen LogP contribution in [0.25, 0.3) is 11.3 Å². The Kier molecular flexibility index (Phi) is 5.01. The molecule has 0 unspecified atom stereocenters. The first-order valence-electron chi connectivity index (χ1n) is 6.82. The predicted molar refractivity (Wildman–Crippen MR) is 81.7 cm³/mol. The maximum Gasteiger partial charge on any atom is 0.156 e. The number of hydrogen-bond acceptors (Lipinski definition) is 5. The van der Waals surface area contributed by atoms with E-state index in [0.717, 1.165) is 36.6 Å². The number of rotatable bonds is 6. The minimum absolute atomic E-state index is 0.680. The molecule has 106 valence electrons. The van der Waals surface area contributed by atoms with E-state index in [1.165, 1.54) is 0 Å². The molecule has 1 aromatic heterocycles. The van der Waals surface area contributed by atoms with Gasteiger partial charge in [-0.1, -0.05) is 30.3 Å². The fourth-order valence-corrected chi connectivity index (χ4v) is 1.92. The second kappa shape index (κ2) is 6.96. The summed E-state index contributed by atoms with van der Waals surface area (Å²) in [5.74, 6) is 1.49. The second-order valence-electron chi connectivity index (χ2n) is 5.01. The Morgan fingerprint density at radius 3 is 2.55 bits per heavy atom. The Hall–Kier alpha value is -2.01. The van der Waals surface area contributed by atoms with Crippen molar-refractivity contribution >= 4 is 5.82 Å². The minimum atomic E-state index is 0.680. The molecule has 0 aliphatic rings. The first kappa shape index (κ1) is 14.4. The number of aromatic nitrogens is 3. The predicted octanol–water partition coefficient (Wildman–Crippen LogP) is 2.21. The fraction of sp³-hybridized carbons (Fsp3) is 0.400. The van der Waals surface area contributed by atoms with Gasteiger partial charge in [0.05, 0.1) is 0 Å². The molecule has 1 aromatic carbocycles. The summed E-state index contributed by atoms with van der Waals surface area (Å²) in [7, 11) is 4.15. The van der Waals surface area contributed by atoms with Crippen molar-refractivity contribution in [3.8, 4) is 11.3 Å². The zero-order valence-electron chi connectivity index (χ0n) is 12.3. The van der Waals surface area contributed by atoms with Gasteiger partial charge in [-0.05, 0) is 34.0 Å². The van der Waals surface area contributed by atoms with E-state index in [1.807, 2.05) is 37.3 Å². The van der Waals surface area contributed by atoms with Crippen molar-refractivity contribution in [1.82, 2.24) is 20.1 Å². The number of hydrogen-bond donors (Lipinski definition) is 1. The maximum atomic E-state index is 4.47. The summed E-state index contributed by atoms with van der Waals surface area (Å²) in [4.78, 5) is 6.64. The first-order chi connectivity index (χ1) is 9.66. The third-order valence-corrected chi connectivity index (χ3v) is 2.91. The van der Waals surface area contributed by atoms with Crippen LogP contribution < -0.4 is 5.32 Å². The van der Waals surface area contributed by atoms with Crippen LogP contribution in [-0.2, 0) is 0 Å². The highest BCUT2D eigenvalue weighted by molar-refractivity contribution is 5.70. The molecule has 2 rings (SSSR count). The molecule has 5 nitrogen and oxygen atoms in total. The molecule has 0 aliphatic heterocycles. The van der Waals surface area contributed by atoms with Crippen molar-refractivity contribution in [3.63, 3.8) is 0 Å². The molecular formula is C15H21N5. The Morgan fingerprint density at radius 2 is 1.85 bits per heavy atom. The maximum absolute atomic E-state index is 4.47. The molecule has 1 heterocycles. The molecule has 0 saturated heterocycles. The van der Waals surface area contributed by atoms with Crippen molar-refractivity contribution in [3.05, 3.63) is 36.2 Å². The smallest absolute Gasteiger partial charge is 0.156 e. The number of nitrogens with zero attached hydrogens (tertiary/aromatic N) is 4. The van der Waals surface area contributed by atoms with Gasteiger partial charge in [0.25, 0.3) is 0 Å². The summed E-state index contributed by atoms with van der Waals surface area (Å²) in [5, 5.41) is 11.7. The third kappa shape index (κ3) is 3.99. The number of aryl methyl sites for hydroxylation is 1. The highest BCUT2D eigenvalue weighted by Crippen LogP contribution is 2.22. The van der Waals surface area contributed by atoms with Crippen molar-refractivity contribution in [2.24, 2.45) is 0 Å². The van der Waals surface area contributed by atoms with Gasteiger partial charge in [0, 0.05) is 12.1 Å². The molecule has 2 aromatic rings. The zero-order valence-corrected chi connectivity index (χ0v) is 12.3. The van der Waals surface area contributed by atoms with Gasteiger partial charge in [0.15, 0.2) is 5.82 Å². The van der Waals surface area contributed by atoms with E-state index in [9.17, 15) is 0 Å². The van der Waals surface area contributed by atoms with E-state index in [1.54, 1.807) is 0 Å². The second-order valence-corrected chi connectivity index (χ2v) is 5.01. The molecule has 0 spiro atoms. The number of anilines is 1. The highest BCUT2D eigenvalue weighted by atomic mass is 15.2. The Labute approximate surface area is 120 Å². The van der Waals surface area contributed by atoms with Crippen LogP contribution in [0.2, 0.25) is 0 Å². The van der Waals surface area contributed by atoms with Crippen molar-refractivity contribution in [2.75, 3.05) is 32.5 Å². The van der Waals surface area contributed by atoms with Crippen LogP contribution in [0.15, 0.2) is 30.3 Å². The van der Waals surface area contributed by atoms with Crippen LogP contribution in [0, 0.1) is 6.92 Å². The van der Waals surface area contributed by atoms with Crippen molar-refractivity contribution in [1.29, 1.82) is 0 Å². The minimum Gasteiger partial charge on any atom is -0.368 e. The Balaban J connectivity index is 2.12. The lowest BCUT2D eigenvalue weighted by atomic mass is 10.1. The van der Waals surface area contributed by atoms with E-state index in [4.69, 9.17) is 0 Å². The van der Waals surface area contributed by atoms with Crippen molar-refractivity contribution in [2.45, 2.75) is 13.3 Å². The average molecular weight is 271 g/mol. The van der Waals surface area contributed by atoms with Crippen molar-refractivity contribution < 1.29 is 0 Å². The van der Waals surface area contributed by atoms with E-state index < -0.39 is 0 Å². The molecule has 0 radical (unpaired) electrons. The van der Waals surface area contributed by atoms with E-state index >= 15 is 0 Å². The van der Waals surface area contributed by atoms with Gasteiger partial charge in [0.2, 0.25) is 0 Å². The van der Waals surface area contributed by atoms with Crippen LogP contribution in [0.5, 0.6) is 0 Å². The van der Waals surface area contributed by atoms with Gasteiger partial charge in [-0.15, -0.1) is 10.2 Å². The lowest BCUT2D eigenvalue weighted by molar-refractivity contribution is 0.405. The molecule has 0 saturated carbocycles. The summed E-state index contributed by atoms with van der Waals surface area (Å²) < 4.78 is 0. The zero-order chi connectivity index (χ0) is 14.4. The topological polar surface area (TPSA) is 53.9 Å². The number of nitrogens with one attached hydrogen (secondary N) is 1. The van der Waals surface area contributed by atoms with Crippen LogP contribution in [0.3, 0.4) is 0 Å². The van der Waals surface area contributed by atoms with E-state index in [-0.39, 0.29) is 0 Å². The molecule has 0 bridgehead atoms. The summed E-state index contributed by atoms with van der Waals surface area (Å²) in [5.41, 5.74) is 1.84. The van der Waals surface area contributed by atoms with Gasteiger partial charge < -0.3 is 10.2 Å². The Morgan fingerprint density at radius 1 is 1.10 bits per heavy atom. The summed E-state index contributed by atoms with van der Waals surface area (Å²) in [6.07, 6.45) is 1.06. The average Bonchev–Trinajstić information content (AvgIpc) is 2.44. The highest BCUT2D eigenvalue weighted by Gasteiger charge is 2.09. The largest absolute Gasteiger partial charge is 0.368 e. The Bertz CT molecular complexity index is 539.